The first kappa shape index (κ1) is 7.87. The van der Waals surface area contributed by atoms with Crippen LogP contribution in [0.3, 0.4) is 0 Å². The summed E-state index contributed by atoms with van der Waals surface area (Å²) in [7, 11) is 0. The number of hydrogen-bond acceptors (Lipinski definition) is 1. The second kappa shape index (κ2) is 3.31. The van der Waals surface area contributed by atoms with Gasteiger partial charge in [-0.2, -0.15) is 0 Å². The van der Waals surface area contributed by atoms with E-state index in [9.17, 15) is 0 Å². The van der Waals surface area contributed by atoms with Crippen LogP contribution < -0.4 is 5.73 Å². The summed E-state index contributed by atoms with van der Waals surface area (Å²) >= 11 is 0. The van der Waals surface area contributed by atoms with E-state index in [1.807, 2.05) is 0 Å². The summed E-state index contributed by atoms with van der Waals surface area (Å²) in [5.41, 5.74) is 9.71. The second-order valence-corrected chi connectivity index (χ2v) is 3.56. The van der Waals surface area contributed by atoms with Crippen LogP contribution in [0.25, 0.3) is 0 Å². The molecule has 0 atom stereocenters. The Balaban J connectivity index is 2.26. The molecule has 66 valence electrons. The first-order chi connectivity index (χ1) is 5.90. The molecule has 0 spiro atoms. The van der Waals surface area contributed by atoms with Crippen LogP contribution in [0.1, 0.15) is 36.2 Å². The Kier molecular flexibility index (Phi) is 2.17. The highest BCUT2D eigenvalue weighted by molar-refractivity contribution is 5.27. The summed E-state index contributed by atoms with van der Waals surface area (Å²) in [5, 5.41) is 0. The number of H-pyrrole nitrogens is 1. The third-order valence-electron chi connectivity index (χ3n) is 2.64. The molecule has 0 aromatic carbocycles. The summed E-state index contributed by atoms with van der Waals surface area (Å²) in [5.74, 6) is 0. The van der Waals surface area contributed by atoms with Gasteiger partial charge in [0.15, 0.2) is 0 Å². The van der Waals surface area contributed by atoms with Crippen LogP contribution in [0, 0.1) is 0 Å². The molecule has 0 fully saturated rings. The Bertz CT molecular complexity index is 239. The predicted molar refractivity (Wildman–Crippen MR) is 49.9 cm³/mol. The molecule has 2 nitrogen and oxygen atoms in total. The van der Waals surface area contributed by atoms with E-state index in [2.05, 4.69) is 11.1 Å². The molecule has 1 heterocycles. The highest BCUT2D eigenvalue weighted by Gasteiger charge is 2.10. The minimum absolute atomic E-state index is 0.646. The summed E-state index contributed by atoms with van der Waals surface area (Å²) in [6, 6.07) is 2.24. The molecule has 3 N–H and O–H groups in total. The fourth-order valence-electron chi connectivity index (χ4n) is 1.96. The van der Waals surface area contributed by atoms with Gasteiger partial charge in [-0.1, -0.05) is 6.42 Å². The fourth-order valence-corrected chi connectivity index (χ4v) is 1.96. The Labute approximate surface area is 73.2 Å². The van der Waals surface area contributed by atoms with E-state index < -0.39 is 0 Å². The van der Waals surface area contributed by atoms with Crippen molar-refractivity contribution in [3.63, 3.8) is 0 Å². The lowest BCUT2D eigenvalue weighted by Gasteiger charge is -1.94. The molecule has 1 aromatic heterocycles. The number of fused-ring (bicyclic) bond motifs is 1. The fraction of sp³-hybridized carbons (Fsp3) is 0.600. The molecular weight excluding hydrogens is 148 g/mol. The summed E-state index contributed by atoms with van der Waals surface area (Å²) < 4.78 is 0. The van der Waals surface area contributed by atoms with Gasteiger partial charge in [0.1, 0.15) is 0 Å². The number of aromatic amines is 1. The van der Waals surface area contributed by atoms with E-state index in [1.165, 1.54) is 49.1 Å². The van der Waals surface area contributed by atoms with Gasteiger partial charge >= 0.3 is 0 Å². The highest BCUT2D eigenvalue weighted by atomic mass is 14.8. The third-order valence-corrected chi connectivity index (χ3v) is 2.64. The van der Waals surface area contributed by atoms with E-state index in [1.54, 1.807) is 0 Å². The van der Waals surface area contributed by atoms with Crippen LogP contribution in [0.2, 0.25) is 0 Å². The molecule has 0 aliphatic heterocycles. The molecule has 2 heteroatoms. The van der Waals surface area contributed by atoms with Crippen molar-refractivity contribution in [1.29, 1.82) is 0 Å². The quantitative estimate of drug-likeness (QED) is 0.610. The standard InChI is InChI=1S/C10H16N2/c11-7-9-6-8-4-2-1-3-5-10(8)12-9/h6,12H,1-5,7,11H2. The van der Waals surface area contributed by atoms with Gasteiger partial charge in [0, 0.05) is 17.9 Å². The molecule has 1 aromatic rings. The van der Waals surface area contributed by atoms with Gasteiger partial charge in [-0.25, -0.2) is 0 Å². The topological polar surface area (TPSA) is 41.8 Å². The number of nitrogens with one attached hydrogen (secondary N) is 1. The number of hydrogen-bond donors (Lipinski definition) is 2. The molecule has 0 saturated heterocycles. The number of rotatable bonds is 1. The van der Waals surface area contributed by atoms with Gasteiger partial charge in [-0.3, -0.25) is 0 Å². The number of aryl methyl sites for hydroxylation is 2. The Morgan fingerprint density at radius 1 is 1.25 bits per heavy atom. The third kappa shape index (κ3) is 1.39. The molecule has 0 amide bonds. The lowest BCUT2D eigenvalue weighted by molar-refractivity contribution is 0.705. The Morgan fingerprint density at radius 2 is 2.08 bits per heavy atom. The monoisotopic (exact) mass is 164 g/mol. The van der Waals surface area contributed by atoms with Crippen molar-refractivity contribution in [2.75, 3.05) is 0 Å². The first-order valence-corrected chi connectivity index (χ1v) is 4.80. The normalized spacial score (nSPS) is 17.1. The van der Waals surface area contributed by atoms with Crippen LogP contribution in [-0.2, 0) is 19.4 Å². The average Bonchev–Trinajstić information content (AvgIpc) is 2.37. The zero-order chi connectivity index (χ0) is 8.39. The average molecular weight is 164 g/mol. The van der Waals surface area contributed by atoms with Crippen LogP contribution in [-0.4, -0.2) is 4.98 Å². The maximum absolute atomic E-state index is 5.57. The van der Waals surface area contributed by atoms with Crippen LogP contribution in [0.4, 0.5) is 0 Å². The van der Waals surface area contributed by atoms with E-state index in [0.717, 1.165) is 0 Å². The van der Waals surface area contributed by atoms with E-state index >= 15 is 0 Å². The Morgan fingerprint density at radius 3 is 2.92 bits per heavy atom. The van der Waals surface area contributed by atoms with Crippen LogP contribution >= 0.6 is 0 Å². The van der Waals surface area contributed by atoms with Crippen molar-refractivity contribution >= 4 is 0 Å². The largest absolute Gasteiger partial charge is 0.361 e. The molecule has 1 aliphatic rings. The van der Waals surface area contributed by atoms with Crippen LogP contribution in [0.5, 0.6) is 0 Å². The van der Waals surface area contributed by atoms with Gasteiger partial charge in [-0.15, -0.1) is 0 Å². The molecule has 1 aliphatic carbocycles. The lowest BCUT2D eigenvalue weighted by Crippen LogP contribution is -1.96. The second-order valence-electron chi connectivity index (χ2n) is 3.56. The minimum Gasteiger partial charge on any atom is -0.361 e. The number of aromatic nitrogens is 1. The lowest BCUT2D eigenvalue weighted by atomic mass is 10.1. The maximum atomic E-state index is 5.57. The predicted octanol–water partition coefficient (Wildman–Crippen LogP) is 1.74. The highest BCUT2D eigenvalue weighted by Crippen LogP contribution is 2.20. The molecule has 0 bridgehead atoms. The summed E-state index contributed by atoms with van der Waals surface area (Å²) in [6.07, 6.45) is 6.51. The zero-order valence-electron chi connectivity index (χ0n) is 7.40. The van der Waals surface area contributed by atoms with E-state index in [0.29, 0.717) is 6.54 Å². The Hall–Kier alpha value is -0.760. The van der Waals surface area contributed by atoms with Gasteiger partial charge < -0.3 is 10.7 Å². The van der Waals surface area contributed by atoms with Gasteiger partial charge in [0.05, 0.1) is 0 Å². The van der Waals surface area contributed by atoms with Crippen molar-refractivity contribution in [1.82, 2.24) is 4.98 Å². The van der Waals surface area contributed by atoms with Crippen molar-refractivity contribution in [3.8, 4) is 0 Å². The molecule has 0 radical (unpaired) electrons. The van der Waals surface area contributed by atoms with Gasteiger partial charge in [0.2, 0.25) is 0 Å². The van der Waals surface area contributed by atoms with E-state index in [4.69, 9.17) is 5.73 Å². The van der Waals surface area contributed by atoms with Crippen molar-refractivity contribution in [2.24, 2.45) is 5.73 Å². The summed E-state index contributed by atoms with van der Waals surface area (Å²) in [4.78, 5) is 3.40. The SMILES string of the molecule is NCc1cc2c([nH]1)CCCCC2. The van der Waals surface area contributed by atoms with E-state index in [-0.39, 0.29) is 0 Å². The van der Waals surface area contributed by atoms with Crippen molar-refractivity contribution in [3.05, 3.63) is 23.0 Å². The van der Waals surface area contributed by atoms with Crippen LogP contribution in [0.15, 0.2) is 6.07 Å². The molecule has 0 unspecified atom stereocenters. The minimum atomic E-state index is 0.646. The maximum Gasteiger partial charge on any atom is 0.0332 e. The van der Waals surface area contributed by atoms with Gasteiger partial charge in [0.25, 0.3) is 0 Å². The summed E-state index contributed by atoms with van der Waals surface area (Å²) in [6.45, 7) is 0.646. The molecule has 2 rings (SSSR count). The number of nitrogens with two attached hydrogens (primary N) is 1. The van der Waals surface area contributed by atoms with Gasteiger partial charge in [-0.05, 0) is 37.3 Å². The molecular formula is C10H16N2. The van der Waals surface area contributed by atoms with Crippen molar-refractivity contribution in [2.45, 2.75) is 38.6 Å². The molecule has 0 saturated carbocycles. The van der Waals surface area contributed by atoms with Crippen molar-refractivity contribution < 1.29 is 0 Å². The first-order valence-electron chi connectivity index (χ1n) is 4.80. The smallest absolute Gasteiger partial charge is 0.0332 e. The zero-order valence-corrected chi connectivity index (χ0v) is 7.40. The molecule has 12 heavy (non-hydrogen) atoms.